The van der Waals surface area contributed by atoms with Crippen molar-refractivity contribution in [1.29, 1.82) is 0 Å². The lowest BCUT2D eigenvalue weighted by atomic mass is 9.98. The Morgan fingerprint density at radius 2 is 1.96 bits per heavy atom. The summed E-state index contributed by atoms with van der Waals surface area (Å²) in [6, 6.07) is 7.24. The molecule has 3 nitrogen and oxygen atoms in total. The molecule has 0 bridgehead atoms. The fraction of sp³-hybridized carbons (Fsp3) is 0.526. The first-order valence-electron chi connectivity index (χ1n) is 8.64. The Kier molecular flexibility index (Phi) is 5.42. The van der Waals surface area contributed by atoms with Crippen LogP contribution in [0.25, 0.3) is 0 Å². The molecule has 2 aromatic rings. The number of amides is 1. The van der Waals surface area contributed by atoms with Crippen molar-refractivity contribution in [1.82, 2.24) is 9.80 Å². The molecule has 3 rings (SSSR count). The van der Waals surface area contributed by atoms with Crippen LogP contribution in [0, 0.1) is 0 Å². The van der Waals surface area contributed by atoms with Crippen LogP contribution in [0.2, 0.25) is 0 Å². The van der Waals surface area contributed by atoms with Crippen molar-refractivity contribution in [3.8, 4) is 0 Å². The highest BCUT2D eigenvalue weighted by Gasteiger charge is 2.33. The van der Waals surface area contributed by atoms with Crippen LogP contribution in [-0.2, 0) is 11.2 Å². The minimum atomic E-state index is 0.227. The Morgan fingerprint density at radius 3 is 2.58 bits per heavy atom. The molecule has 0 aliphatic carbocycles. The second-order valence-corrected chi connectivity index (χ2v) is 8.91. The summed E-state index contributed by atoms with van der Waals surface area (Å²) in [5.74, 6) is 0.236. The molecule has 130 valence electrons. The van der Waals surface area contributed by atoms with Crippen molar-refractivity contribution in [3.63, 3.8) is 0 Å². The average molecular weight is 363 g/mol. The van der Waals surface area contributed by atoms with Gasteiger partial charge in [-0.1, -0.05) is 6.07 Å². The van der Waals surface area contributed by atoms with Gasteiger partial charge in [0.05, 0.1) is 12.6 Å². The number of fused-ring (bicyclic) bond motifs is 1. The molecule has 24 heavy (non-hydrogen) atoms. The molecular formula is C19H26N2OS2. The third-order valence-electron chi connectivity index (χ3n) is 4.62. The van der Waals surface area contributed by atoms with Crippen molar-refractivity contribution in [3.05, 3.63) is 44.3 Å². The molecule has 2 aromatic heterocycles. The van der Waals surface area contributed by atoms with Crippen molar-refractivity contribution in [2.45, 2.75) is 52.2 Å². The van der Waals surface area contributed by atoms with E-state index >= 15 is 0 Å². The fourth-order valence-electron chi connectivity index (χ4n) is 3.75. The predicted molar refractivity (Wildman–Crippen MR) is 103 cm³/mol. The lowest BCUT2D eigenvalue weighted by Crippen LogP contribution is -2.49. The molecule has 0 N–H and O–H groups in total. The number of nitrogens with zero attached hydrogens (tertiary/aromatic N) is 2. The number of hydrogen-bond acceptors (Lipinski definition) is 4. The van der Waals surface area contributed by atoms with Crippen molar-refractivity contribution in [2.75, 3.05) is 13.1 Å². The summed E-state index contributed by atoms with van der Waals surface area (Å²) in [5, 5.41) is 4.32. The highest BCUT2D eigenvalue weighted by molar-refractivity contribution is 7.10. The molecule has 1 unspecified atom stereocenters. The quantitative estimate of drug-likeness (QED) is 0.787. The highest BCUT2D eigenvalue weighted by Crippen LogP contribution is 2.39. The maximum Gasteiger partial charge on any atom is 0.237 e. The van der Waals surface area contributed by atoms with Gasteiger partial charge in [-0.05, 0) is 62.6 Å². The van der Waals surface area contributed by atoms with E-state index in [0.717, 1.165) is 13.0 Å². The zero-order chi connectivity index (χ0) is 17.3. The zero-order valence-corrected chi connectivity index (χ0v) is 16.5. The summed E-state index contributed by atoms with van der Waals surface area (Å²) in [6.07, 6.45) is 1.05. The summed E-state index contributed by atoms with van der Waals surface area (Å²) >= 11 is 3.63. The summed E-state index contributed by atoms with van der Waals surface area (Å²) in [4.78, 5) is 20.1. The summed E-state index contributed by atoms with van der Waals surface area (Å²) in [6.45, 7) is 9.84. The van der Waals surface area contributed by atoms with Crippen LogP contribution in [0.3, 0.4) is 0 Å². The Balaban J connectivity index is 1.86. The van der Waals surface area contributed by atoms with Crippen LogP contribution < -0.4 is 0 Å². The number of hydrogen-bond donors (Lipinski definition) is 0. The number of carbonyl (C=O) groups is 1. The first-order chi connectivity index (χ1) is 11.5. The Hall–Kier alpha value is -1.17. The second kappa shape index (κ2) is 7.38. The van der Waals surface area contributed by atoms with Gasteiger partial charge in [-0.3, -0.25) is 9.69 Å². The van der Waals surface area contributed by atoms with E-state index < -0.39 is 0 Å². The van der Waals surface area contributed by atoms with Gasteiger partial charge in [0.15, 0.2) is 0 Å². The van der Waals surface area contributed by atoms with Crippen molar-refractivity contribution < 1.29 is 4.79 Å². The lowest BCUT2D eigenvalue weighted by molar-refractivity contribution is -0.136. The van der Waals surface area contributed by atoms with Crippen LogP contribution in [0.5, 0.6) is 0 Å². The van der Waals surface area contributed by atoms with E-state index in [2.05, 4.69) is 61.6 Å². The van der Waals surface area contributed by atoms with Crippen LogP contribution in [0.15, 0.2) is 29.0 Å². The minimum absolute atomic E-state index is 0.227. The van der Waals surface area contributed by atoms with Gasteiger partial charge in [0, 0.05) is 28.4 Å². The highest BCUT2D eigenvalue weighted by atomic mass is 32.1. The molecular weight excluding hydrogens is 336 g/mol. The van der Waals surface area contributed by atoms with E-state index in [0.29, 0.717) is 6.54 Å². The molecule has 0 radical (unpaired) electrons. The first kappa shape index (κ1) is 17.6. The lowest BCUT2D eigenvalue weighted by Gasteiger charge is -2.38. The molecule has 1 amide bonds. The van der Waals surface area contributed by atoms with Gasteiger partial charge in [-0.2, -0.15) is 0 Å². The van der Waals surface area contributed by atoms with Crippen LogP contribution >= 0.6 is 22.7 Å². The molecule has 0 saturated heterocycles. The molecule has 5 heteroatoms. The van der Waals surface area contributed by atoms with E-state index in [1.807, 2.05) is 16.2 Å². The normalized spacial score (nSPS) is 18.2. The summed E-state index contributed by atoms with van der Waals surface area (Å²) in [7, 11) is 0. The van der Waals surface area contributed by atoms with E-state index in [9.17, 15) is 4.79 Å². The van der Waals surface area contributed by atoms with Gasteiger partial charge in [-0.25, -0.2) is 0 Å². The standard InChI is InChI=1S/C19H26N2OS2/c1-13(2)21(14(3)4)18(22)12-20-9-7-16-15(8-11-24-16)19(20)17-6-5-10-23-17/h5-6,8,10-11,13-14,19H,7,9,12H2,1-4H3. The van der Waals surface area contributed by atoms with Gasteiger partial charge in [0.25, 0.3) is 0 Å². The fourth-order valence-corrected chi connectivity index (χ4v) is 5.53. The van der Waals surface area contributed by atoms with E-state index in [1.54, 1.807) is 11.3 Å². The van der Waals surface area contributed by atoms with E-state index in [1.165, 1.54) is 15.3 Å². The van der Waals surface area contributed by atoms with Crippen molar-refractivity contribution >= 4 is 28.6 Å². The van der Waals surface area contributed by atoms with Gasteiger partial charge < -0.3 is 4.90 Å². The van der Waals surface area contributed by atoms with E-state index in [4.69, 9.17) is 0 Å². The molecule has 0 fully saturated rings. The summed E-state index contributed by atoms with van der Waals surface area (Å²) < 4.78 is 0. The van der Waals surface area contributed by atoms with Gasteiger partial charge in [-0.15, -0.1) is 22.7 Å². The van der Waals surface area contributed by atoms with Crippen molar-refractivity contribution in [2.24, 2.45) is 0 Å². The third-order valence-corrected chi connectivity index (χ3v) is 6.54. The molecule has 1 aliphatic heterocycles. The third kappa shape index (κ3) is 3.44. The maximum absolute atomic E-state index is 13.0. The van der Waals surface area contributed by atoms with Gasteiger partial charge in [0.2, 0.25) is 5.91 Å². The Morgan fingerprint density at radius 1 is 1.21 bits per heavy atom. The number of carbonyl (C=O) groups excluding carboxylic acids is 1. The molecule has 0 spiro atoms. The van der Waals surface area contributed by atoms with Crippen LogP contribution in [0.4, 0.5) is 0 Å². The average Bonchev–Trinajstić information content (AvgIpc) is 3.17. The second-order valence-electron chi connectivity index (χ2n) is 6.93. The Labute approximate surface area is 152 Å². The number of thiophene rings is 2. The minimum Gasteiger partial charge on any atom is -0.337 e. The summed E-state index contributed by atoms with van der Waals surface area (Å²) in [5.41, 5.74) is 1.39. The van der Waals surface area contributed by atoms with E-state index in [-0.39, 0.29) is 24.0 Å². The van der Waals surface area contributed by atoms with Gasteiger partial charge >= 0.3 is 0 Å². The Bertz CT molecular complexity index is 667. The predicted octanol–water partition coefficient (Wildman–Crippen LogP) is 4.40. The SMILES string of the molecule is CC(C)N(C(=O)CN1CCc2sccc2C1c1cccs1)C(C)C. The molecule has 0 aromatic carbocycles. The molecule has 3 heterocycles. The van der Waals surface area contributed by atoms with Gasteiger partial charge in [0.1, 0.15) is 0 Å². The van der Waals surface area contributed by atoms with Crippen LogP contribution in [-0.4, -0.2) is 40.9 Å². The largest absolute Gasteiger partial charge is 0.337 e. The molecule has 0 saturated carbocycles. The van der Waals surface area contributed by atoms with Crippen LogP contribution in [0.1, 0.15) is 49.1 Å². The molecule has 1 aliphatic rings. The first-order valence-corrected chi connectivity index (χ1v) is 10.4. The topological polar surface area (TPSA) is 23.6 Å². The zero-order valence-electron chi connectivity index (χ0n) is 14.9. The molecule has 1 atom stereocenters. The number of rotatable bonds is 5. The smallest absolute Gasteiger partial charge is 0.237 e. The monoisotopic (exact) mass is 362 g/mol. The maximum atomic E-state index is 13.0.